The Morgan fingerprint density at radius 3 is 2.79 bits per heavy atom. The highest BCUT2D eigenvalue weighted by atomic mass is 16.6. The molecule has 0 spiro atoms. The quantitative estimate of drug-likeness (QED) is 0.476. The van der Waals surface area contributed by atoms with Crippen LogP contribution in [0.5, 0.6) is 11.6 Å². The van der Waals surface area contributed by atoms with Crippen LogP contribution in [0.15, 0.2) is 36.7 Å². The maximum atomic E-state index is 12.8. The summed E-state index contributed by atoms with van der Waals surface area (Å²) in [4.78, 5) is 33.0. The Bertz CT molecular complexity index is 1180. The standard InChI is InChI=1S/C25H27N5O4/c1-30(13-17(31)10-16-6-7-23(32-2)27-12-16)25-20-4-3-5-21(20)28-24(29-25)22-11-18(8-9-26-22)34-19-14-33-15-19/h6-9,11-12,19H,3-5,10,13-15H2,1-2H3. The number of Topliss-reactive ketones (excluding diaryl/α,β-unsaturated/α-hetero) is 1. The Hall–Kier alpha value is -3.59. The lowest BCUT2D eigenvalue weighted by Crippen LogP contribution is -2.38. The number of aryl methyl sites for hydroxylation is 1. The van der Waals surface area contributed by atoms with Crippen molar-refractivity contribution in [1.29, 1.82) is 0 Å². The maximum absolute atomic E-state index is 12.8. The van der Waals surface area contributed by atoms with Crippen molar-refractivity contribution in [3.05, 3.63) is 53.5 Å². The van der Waals surface area contributed by atoms with E-state index in [4.69, 9.17) is 24.2 Å². The molecule has 9 heteroatoms. The second-order valence-corrected chi connectivity index (χ2v) is 8.58. The SMILES string of the molecule is COc1ccc(CC(=O)CN(C)c2nc(-c3cc(OC4COC4)ccn3)nc3c2CCC3)cn1. The molecule has 0 unspecified atom stereocenters. The van der Waals surface area contributed by atoms with E-state index in [9.17, 15) is 4.79 Å². The van der Waals surface area contributed by atoms with Crippen molar-refractivity contribution >= 4 is 11.6 Å². The zero-order valence-corrected chi connectivity index (χ0v) is 19.4. The summed E-state index contributed by atoms with van der Waals surface area (Å²) in [6.07, 6.45) is 6.58. The van der Waals surface area contributed by atoms with E-state index >= 15 is 0 Å². The monoisotopic (exact) mass is 461 g/mol. The van der Waals surface area contributed by atoms with E-state index in [1.807, 2.05) is 30.1 Å². The van der Waals surface area contributed by atoms with Gasteiger partial charge in [0.05, 0.1) is 26.9 Å². The van der Waals surface area contributed by atoms with Gasteiger partial charge in [0.1, 0.15) is 23.4 Å². The largest absolute Gasteiger partial charge is 0.485 e. The van der Waals surface area contributed by atoms with Crippen LogP contribution in [0.1, 0.15) is 23.2 Å². The molecule has 0 bridgehead atoms. The van der Waals surface area contributed by atoms with Gasteiger partial charge in [0, 0.05) is 49.3 Å². The fraction of sp³-hybridized carbons (Fsp3) is 0.400. The zero-order chi connectivity index (χ0) is 23.5. The molecule has 0 N–H and O–H groups in total. The van der Waals surface area contributed by atoms with Crippen molar-refractivity contribution in [2.45, 2.75) is 31.8 Å². The predicted octanol–water partition coefficient (Wildman–Crippen LogP) is 2.46. The summed E-state index contributed by atoms with van der Waals surface area (Å²) in [5.74, 6) is 2.67. The molecule has 9 nitrogen and oxygen atoms in total. The van der Waals surface area contributed by atoms with Gasteiger partial charge in [-0.1, -0.05) is 6.07 Å². The Labute approximate surface area is 198 Å². The number of hydrogen-bond donors (Lipinski definition) is 0. The van der Waals surface area contributed by atoms with E-state index < -0.39 is 0 Å². The van der Waals surface area contributed by atoms with Gasteiger partial charge in [-0.3, -0.25) is 9.78 Å². The number of hydrogen-bond acceptors (Lipinski definition) is 9. The van der Waals surface area contributed by atoms with Crippen LogP contribution in [-0.4, -0.2) is 65.7 Å². The first kappa shape index (κ1) is 22.2. The predicted molar refractivity (Wildman–Crippen MR) is 125 cm³/mol. The third-order valence-electron chi connectivity index (χ3n) is 5.97. The van der Waals surface area contributed by atoms with E-state index in [-0.39, 0.29) is 18.4 Å². The molecule has 0 amide bonds. The normalized spacial score (nSPS) is 14.9. The fourth-order valence-corrected chi connectivity index (χ4v) is 4.18. The zero-order valence-electron chi connectivity index (χ0n) is 19.4. The van der Waals surface area contributed by atoms with E-state index in [2.05, 4.69) is 9.97 Å². The van der Waals surface area contributed by atoms with Gasteiger partial charge in [0.25, 0.3) is 0 Å². The van der Waals surface area contributed by atoms with Crippen molar-refractivity contribution in [2.24, 2.45) is 0 Å². The Morgan fingerprint density at radius 2 is 2.06 bits per heavy atom. The summed E-state index contributed by atoms with van der Waals surface area (Å²) in [6.45, 7) is 1.44. The number of ether oxygens (including phenoxy) is 3. The van der Waals surface area contributed by atoms with E-state index in [0.717, 1.165) is 47.7 Å². The number of rotatable bonds is 9. The van der Waals surface area contributed by atoms with Crippen LogP contribution in [0.2, 0.25) is 0 Å². The molecule has 5 rings (SSSR count). The first-order valence-corrected chi connectivity index (χ1v) is 11.4. The van der Waals surface area contributed by atoms with Crippen LogP contribution in [0.3, 0.4) is 0 Å². The van der Waals surface area contributed by atoms with Gasteiger partial charge < -0.3 is 19.1 Å². The number of anilines is 1. The molecular formula is C25H27N5O4. The molecule has 3 aromatic heterocycles. The molecule has 2 aliphatic rings. The molecule has 1 saturated heterocycles. The van der Waals surface area contributed by atoms with E-state index in [1.165, 1.54) is 0 Å². The summed E-state index contributed by atoms with van der Waals surface area (Å²) >= 11 is 0. The van der Waals surface area contributed by atoms with E-state index in [0.29, 0.717) is 37.0 Å². The first-order chi connectivity index (χ1) is 16.6. The van der Waals surface area contributed by atoms with Crippen LogP contribution in [0.4, 0.5) is 5.82 Å². The molecular weight excluding hydrogens is 434 g/mol. The molecule has 0 aromatic carbocycles. The van der Waals surface area contributed by atoms with Crippen LogP contribution in [0.25, 0.3) is 11.5 Å². The molecule has 1 fully saturated rings. The van der Waals surface area contributed by atoms with Gasteiger partial charge in [-0.2, -0.15) is 0 Å². The summed E-state index contributed by atoms with van der Waals surface area (Å²) in [6, 6.07) is 7.31. The number of carbonyl (C=O) groups is 1. The van der Waals surface area contributed by atoms with E-state index in [1.54, 1.807) is 25.6 Å². The molecule has 1 aliphatic carbocycles. The summed E-state index contributed by atoms with van der Waals surface area (Å²) < 4.78 is 16.2. The molecule has 1 aliphatic heterocycles. The Balaban J connectivity index is 1.35. The molecule has 4 heterocycles. The second kappa shape index (κ2) is 9.72. The molecule has 34 heavy (non-hydrogen) atoms. The topological polar surface area (TPSA) is 99.6 Å². The third-order valence-corrected chi connectivity index (χ3v) is 5.97. The second-order valence-electron chi connectivity index (χ2n) is 8.58. The minimum Gasteiger partial charge on any atom is -0.485 e. The number of carbonyl (C=O) groups excluding carboxylic acids is 1. The van der Waals surface area contributed by atoms with Crippen LogP contribution >= 0.6 is 0 Å². The smallest absolute Gasteiger partial charge is 0.212 e. The highest BCUT2D eigenvalue weighted by Gasteiger charge is 2.24. The minimum absolute atomic E-state index is 0.0739. The van der Waals surface area contributed by atoms with Crippen LogP contribution in [-0.2, 0) is 28.8 Å². The lowest BCUT2D eigenvalue weighted by Gasteiger charge is -2.26. The number of fused-ring (bicyclic) bond motifs is 1. The average Bonchev–Trinajstić information content (AvgIpc) is 3.30. The first-order valence-electron chi connectivity index (χ1n) is 11.4. The molecule has 176 valence electrons. The number of pyridine rings is 2. The molecule has 0 atom stereocenters. The van der Waals surface area contributed by atoms with Gasteiger partial charge in [-0.25, -0.2) is 15.0 Å². The highest BCUT2D eigenvalue weighted by Crippen LogP contribution is 2.31. The molecule has 0 radical (unpaired) electrons. The van der Waals surface area contributed by atoms with Crippen molar-refractivity contribution in [3.8, 4) is 23.1 Å². The van der Waals surface area contributed by atoms with Gasteiger partial charge in [-0.05, 0) is 30.9 Å². The Morgan fingerprint density at radius 1 is 1.18 bits per heavy atom. The van der Waals surface area contributed by atoms with Gasteiger partial charge in [-0.15, -0.1) is 0 Å². The molecule has 0 saturated carbocycles. The van der Waals surface area contributed by atoms with Gasteiger partial charge in [0.15, 0.2) is 11.6 Å². The van der Waals surface area contributed by atoms with Crippen molar-refractivity contribution in [2.75, 3.05) is 38.8 Å². The number of likely N-dealkylation sites (N-methyl/N-ethyl adjacent to an activating group) is 1. The van der Waals surface area contributed by atoms with Crippen molar-refractivity contribution in [1.82, 2.24) is 19.9 Å². The highest BCUT2D eigenvalue weighted by molar-refractivity contribution is 5.85. The number of methoxy groups -OCH3 is 1. The van der Waals surface area contributed by atoms with Gasteiger partial charge >= 0.3 is 0 Å². The van der Waals surface area contributed by atoms with Crippen molar-refractivity contribution < 1.29 is 19.0 Å². The summed E-state index contributed by atoms with van der Waals surface area (Å²) in [5, 5.41) is 0. The Kier molecular flexibility index (Phi) is 6.35. The van der Waals surface area contributed by atoms with Crippen LogP contribution < -0.4 is 14.4 Å². The fourth-order valence-electron chi connectivity index (χ4n) is 4.18. The number of aromatic nitrogens is 4. The van der Waals surface area contributed by atoms with Gasteiger partial charge in [0.2, 0.25) is 5.88 Å². The van der Waals surface area contributed by atoms with Crippen LogP contribution in [0, 0.1) is 0 Å². The maximum Gasteiger partial charge on any atom is 0.212 e. The number of ketones is 1. The molecule has 3 aromatic rings. The summed E-state index contributed by atoms with van der Waals surface area (Å²) in [7, 11) is 3.47. The summed E-state index contributed by atoms with van der Waals surface area (Å²) in [5.41, 5.74) is 3.65. The van der Waals surface area contributed by atoms with Crippen molar-refractivity contribution in [3.63, 3.8) is 0 Å². The lowest BCUT2D eigenvalue weighted by molar-refractivity contribution is -0.117. The average molecular weight is 462 g/mol. The lowest BCUT2D eigenvalue weighted by atomic mass is 10.1. The minimum atomic E-state index is 0.0739. The third kappa shape index (κ3) is 4.84. The number of nitrogens with zero attached hydrogens (tertiary/aromatic N) is 5.